The first-order chi connectivity index (χ1) is 14.0. The molecule has 4 aromatic rings. The second kappa shape index (κ2) is 7.39. The van der Waals surface area contributed by atoms with Crippen LogP contribution in [0, 0.1) is 20.8 Å². The minimum atomic E-state index is -0.598. The SMILES string of the molecule is Cc1cccc(C)c1-n1ccn(Cc2nc(-c3ccccc3)oc2C)c(=O)c1=O. The number of rotatable bonds is 4. The molecule has 0 radical (unpaired) electrons. The van der Waals surface area contributed by atoms with Gasteiger partial charge in [0.25, 0.3) is 0 Å². The Morgan fingerprint density at radius 1 is 0.862 bits per heavy atom. The van der Waals surface area contributed by atoms with Crippen molar-refractivity contribution in [3.8, 4) is 17.1 Å². The largest absolute Gasteiger partial charge is 0.441 e. The van der Waals surface area contributed by atoms with Gasteiger partial charge in [-0.2, -0.15) is 0 Å². The minimum absolute atomic E-state index is 0.170. The number of aromatic nitrogens is 3. The molecule has 4 rings (SSSR count). The van der Waals surface area contributed by atoms with Crippen LogP contribution in [0.25, 0.3) is 17.1 Å². The van der Waals surface area contributed by atoms with Gasteiger partial charge in [0.05, 0.1) is 12.2 Å². The summed E-state index contributed by atoms with van der Waals surface area (Å²) in [6.07, 6.45) is 3.25. The van der Waals surface area contributed by atoms with Crippen LogP contribution in [-0.2, 0) is 6.54 Å². The highest BCUT2D eigenvalue weighted by molar-refractivity contribution is 5.53. The van der Waals surface area contributed by atoms with E-state index in [-0.39, 0.29) is 6.54 Å². The lowest BCUT2D eigenvalue weighted by molar-refractivity contribution is 0.537. The molecule has 0 spiro atoms. The number of aryl methyl sites for hydroxylation is 3. The number of hydrogen-bond donors (Lipinski definition) is 0. The van der Waals surface area contributed by atoms with E-state index < -0.39 is 11.1 Å². The van der Waals surface area contributed by atoms with Gasteiger partial charge in [0, 0.05) is 18.0 Å². The van der Waals surface area contributed by atoms with Crippen LogP contribution in [-0.4, -0.2) is 14.1 Å². The van der Waals surface area contributed by atoms with Gasteiger partial charge in [-0.3, -0.25) is 14.2 Å². The first-order valence-electron chi connectivity index (χ1n) is 9.36. The third kappa shape index (κ3) is 3.45. The average molecular weight is 387 g/mol. The van der Waals surface area contributed by atoms with Crippen molar-refractivity contribution >= 4 is 0 Å². The molecule has 2 aromatic carbocycles. The van der Waals surface area contributed by atoms with Gasteiger partial charge in [-0.15, -0.1) is 0 Å². The topological polar surface area (TPSA) is 70.0 Å². The Morgan fingerprint density at radius 2 is 1.55 bits per heavy atom. The van der Waals surface area contributed by atoms with Crippen LogP contribution < -0.4 is 11.1 Å². The molecule has 0 aliphatic carbocycles. The zero-order chi connectivity index (χ0) is 20.5. The predicted molar refractivity (Wildman–Crippen MR) is 112 cm³/mol. The van der Waals surface area contributed by atoms with Gasteiger partial charge in [-0.05, 0) is 44.0 Å². The molecule has 0 N–H and O–H groups in total. The van der Waals surface area contributed by atoms with Crippen LogP contribution in [0.4, 0.5) is 0 Å². The van der Waals surface area contributed by atoms with Crippen molar-refractivity contribution in [3.05, 3.63) is 104 Å². The molecule has 0 atom stereocenters. The van der Waals surface area contributed by atoms with Crippen LogP contribution in [0.1, 0.15) is 22.6 Å². The van der Waals surface area contributed by atoms with Crippen LogP contribution in [0.15, 0.2) is 74.9 Å². The Hall–Kier alpha value is -3.67. The van der Waals surface area contributed by atoms with E-state index in [9.17, 15) is 9.59 Å². The fourth-order valence-corrected chi connectivity index (χ4v) is 3.43. The molecule has 6 nitrogen and oxygen atoms in total. The number of oxazole rings is 1. The molecule has 0 fully saturated rings. The quantitative estimate of drug-likeness (QED) is 0.502. The van der Waals surface area contributed by atoms with E-state index in [0.29, 0.717) is 17.3 Å². The van der Waals surface area contributed by atoms with Gasteiger partial charge in [0.15, 0.2) is 0 Å². The second-order valence-corrected chi connectivity index (χ2v) is 7.03. The molecule has 6 heteroatoms. The van der Waals surface area contributed by atoms with Crippen molar-refractivity contribution in [2.75, 3.05) is 0 Å². The predicted octanol–water partition coefficient (Wildman–Crippen LogP) is 3.63. The number of hydrogen-bond acceptors (Lipinski definition) is 4. The first kappa shape index (κ1) is 18.7. The van der Waals surface area contributed by atoms with Gasteiger partial charge < -0.3 is 8.98 Å². The summed E-state index contributed by atoms with van der Waals surface area (Å²) in [5.41, 5.74) is 2.90. The lowest BCUT2D eigenvalue weighted by Crippen LogP contribution is -2.40. The van der Waals surface area contributed by atoms with Gasteiger partial charge in [0.1, 0.15) is 11.5 Å². The Morgan fingerprint density at radius 3 is 2.24 bits per heavy atom. The van der Waals surface area contributed by atoms with E-state index in [0.717, 1.165) is 22.4 Å². The van der Waals surface area contributed by atoms with E-state index in [2.05, 4.69) is 4.98 Å². The van der Waals surface area contributed by atoms with Crippen LogP contribution in [0.3, 0.4) is 0 Å². The van der Waals surface area contributed by atoms with Crippen molar-refractivity contribution in [2.24, 2.45) is 0 Å². The number of nitrogens with zero attached hydrogens (tertiary/aromatic N) is 3. The summed E-state index contributed by atoms with van der Waals surface area (Å²) >= 11 is 0. The van der Waals surface area contributed by atoms with Crippen molar-refractivity contribution in [2.45, 2.75) is 27.3 Å². The van der Waals surface area contributed by atoms with E-state index >= 15 is 0 Å². The Bertz CT molecular complexity index is 1280. The second-order valence-electron chi connectivity index (χ2n) is 7.03. The first-order valence-corrected chi connectivity index (χ1v) is 9.36. The summed E-state index contributed by atoms with van der Waals surface area (Å²) in [5.74, 6) is 1.12. The van der Waals surface area contributed by atoms with Gasteiger partial charge in [-0.25, -0.2) is 4.98 Å². The van der Waals surface area contributed by atoms with Crippen LogP contribution in [0.5, 0.6) is 0 Å². The molecule has 0 aliphatic heterocycles. The van der Waals surface area contributed by atoms with Crippen molar-refractivity contribution in [1.82, 2.24) is 14.1 Å². The summed E-state index contributed by atoms with van der Waals surface area (Å²) in [6.45, 7) is 5.82. The van der Waals surface area contributed by atoms with Crippen molar-refractivity contribution in [3.63, 3.8) is 0 Å². The Kier molecular flexibility index (Phi) is 4.76. The smallest absolute Gasteiger partial charge is 0.321 e. The van der Waals surface area contributed by atoms with E-state index in [1.54, 1.807) is 19.3 Å². The lowest BCUT2D eigenvalue weighted by Gasteiger charge is -2.13. The standard InChI is InChI=1S/C23H21N3O3/c1-15-8-7-9-16(2)20(15)26-13-12-25(22(27)23(26)28)14-19-17(3)29-21(24-19)18-10-5-4-6-11-18/h4-13H,14H2,1-3H3. The third-order valence-corrected chi connectivity index (χ3v) is 4.97. The fourth-order valence-electron chi connectivity index (χ4n) is 3.43. The van der Waals surface area contributed by atoms with Crippen molar-refractivity contribution < 1.29 is 4.42 Å². The minimum Gasteiger partial charge on any atom is -0.441 e. The molecule has 146 valence electrons. The summed E-state index contributed by atoms with van der Waals surface area (Å²) in [6, 6.07) is 15.3. The van der Waals surface area contributed by atoms with E-state index in [1.165, 1.54) is 9.13 Å². The molecule has 29 heavy (non-hydrogen) atoms. The highest BCUT2D eigenvalue weighted by atomic mass is 16.4. The maximum Gasteiger partial charge on any atom is 0.321 e. The Labute approximate surface area is 167 Å². The number of benzene rings is 2. The molecule has 2 aromatic heterocycles. The molecule has 0 saturated carbocycles. The van der Waals surface area contributed by atoms with E-state index in [1.807, 2.05) is 62.4 Å². The average Bonchev–Trinajstić information content (AvgIpc) is 3.08. The summed E-state index contributed by atoms with van der Waals surface area (Å²) < 4.78 is 8.54. The van der Waals surface area contributed by atoms with Crippen LogP contribution >= 0.6 is 0 Å². The maximum absolute atomic E-state index is 12.8. The molecular formula is C23H21N3O3. The summed E-state index contributed by atoms with van der Waals surface area (Å²) in [5, 5.41) is 0. The zero-order valence-corrected chi connectivity index (χ0v) is 16.5. The molecule has 2 heterocycles. The summed E-state index contributed by atoms with van der Waals surface area (Å²) in [7, 11) is 0. The maximum atomic E-state index is 12.8. The monoisotopic (exact) mass is 387 g/mol. The molecule has 0 saturated heterocycles. The van der Waals surface area contributed by atoms with E-state index in [4.69, 9.17) is 4.42 Å². The third-order valence-electron chi connectivity index (χ3n) is 4.97. The van der Waals surface area contributed by atoms with Gasteiger partial charge >= 0.3 is 11.1 Å². The summed E-state index contributed by atoms with van der Waals surface area (Å²) in [4.78, 5) is 30.1. The highest BCUT2D eigenvalue weighted by Crippen LogP contribution is 2.22. The molecule has 0 aliphatic rings. The van der Waals surface area contributed by atoms with Crippen molar-refractivity contribution in [1.29, 1.82) is 0 Å². The van der Waals surface area contributed by atoms with Crippen LogP contribution in [0.2, 0.25) is 0 Å². The molecule has 0 unspecified atom stereocenters. The fraction of sp³-hybridized carbons (Fsp3) is 0.174. The molecule has 0 amide bonds. The lowest BCUT2D eigenvalue weighted by atomic mass is 10.1. The zero-order valence-electron chi connectivity index (χ0n) is 16.5. The molecule has 0 bridgehead atoms. The van der Waals surface area contributed by atoms with Gasteiger partial charge in [0.2, 0.25) is 5.89 Å². The number of para-hydroxylation sites is 1. The highest BCUT2D eigenvalue weighted by Gasteiger charge is 2.15. The Balaban J connectivity index is 1.72. The molecular weight excluding hydrogens is 366 g/mol. The normalized spacial score (nSPS) is 11.0. The van der Waals surface area contributed by atoms with Gasteiger partial charge in [-0.1, -0.05) is 36.4 Å².